The van der Waals surface area contributed by atoms with Crippen molar-refractivity contribution in [3.05, 3.63) is 45.9 Å². The Morgan fingerprint density at radius 1 is 1.19 bits per heavy atom. The van der Waals surface area contributed by atoms with E-state index in [1.807, 2.05) is 45.9 Å². The number of amides is 1. The highest BCUT2D eigenvalue weighted by atomic mass is 32.1. The van der Waals surface area contributed by atoms with Crippen molar-refractivity contribution in [1.29, 1.82) is 0 Å². The third kappa shape index (κ3) is 9.05. The molecule has 8 heteroatoms. The summed E-state index contributed by atoms with van der Waals surface area (Å²) in [5, 5.41) is 22.2. The molecule has 7 nitrogen and oxygen atoms in total. The van der Waals surface area contributed by atoms with Crippen molar-refractivity contribution in [1.82, 2.24) is 9.99 Å². The lowest BCUT2D eigenvalue weighted by Gasteiger charge is -2.36. The number of carbonyl (C=O) groups is 2. The van der Waals surface area contributed by atoms with E-state index in [2.05, 4.69) is 23.7 Å². The molecule has 2 aromatic heterocycles. The average Bonchev–Trinajstić information content (AvgIpc) is 3.23. The lowest BCUT2D eigenvalue weighted by molar-refractivity contribution is -0.126. The Labute approximate surface area is 219 Å². The summed E-state index contributed by atoms with van der Waals surface area (Å²) in [6.45, 7) is 10.2. The maximum absolute atomic E-state index is 13.4. The van der Waals surface area contributed by atoms with E-state index in [1.165, 1.54) is 5.01 Å². The molecule has 36 heavy (non-hydrogen) atoms. The van der Waals surface area contributed by atoms with Crippen LogP contribution in [0.3, 0.4) is 0 Å². The maximum atomic E-state index is 13.4. The minimum absolute atomic E-state index is 0.0885. The van der Waals surface area contributed by atoms with Gasteiger partial charge in [0, 0.05) is 36.8 Å². The minimum Gasteiger partial charge on any atom is -0.477 e. The summed E-state index contributed by atoms with van der Waals surface area (Å²) >= 11 is 1.08. The summed E-state index contributed by atoms with van der Waals surface area (Å²) in [5.41, 5.74) is 1.19. The highest BCUT2D eigenvalue weighted by molar-refractivity contribution is 7.15. The van der Waals surface area contributed by atoms with E-state index < -0.39 is 5.97 Å². The van der Waals surface area contributed by atoms with Gasteiger partial charge < -0.3 is 10.2 Å². The zero-order valence-electron chi connectivity index (χ0n) is 22.2. The molecule has 0 aromatic carbocycles. The summed E-state index contributed by atoms with van der Waals surface area (Å²) in [7, 11) is 1.70. The molecule has 2 aromatic rings. The summed E-state index contributed by atoms with van der Waals surface area (Å²) in [6.07, 6.45) is 5.37. The van der Waals surface area contributed by atoms with E-state index in [9.17, 15) is 19.8 Å². The van der Waals surface area contributed by atoms with Gasteiger partial charge in [-0.2, -0.15) is 0 Å². The van der Waals surface area contributed by atoms with Crippen LogP contribution in [-0.4, -0.2) is 52.3 Å². The Morgan fingerprint density at radius 3 is 2.33 bits per heavy atom. The first kappa shape index (κ1) is 29.5. The number of carboxylic acid groups (broad SMARTS) is 1. The SMILES string of the molecule is CC1CCC(C(=O)N(c2cc(C#CC(C)(C)C)sc2C(=O)O)N(C)CCO)CC1.Cc1ccccn1. The van der Waals surface area contributed by atoms with Crippen LogP contribution in [0.4, 0.5) is 5.69 Å². The fraction of sp³-hybridized carbons (Fsp3) is 0.536. The van der Waals surface area contributed by atoms with Crippen LogP contribution in [0.25, 0.3) is 0 Å². The molecule has 2 heterocycles. The number of hydrogen-bond donors (Lipinski definition) is 2. The molecule has 0 atom stereocenters. The van der Waals surface area contributed by atoms with Crippen molar-refractivity contribution in [3.8, 4) is 11.8 Å². The van der Waals surface area contributed by atoms with Crippen molar-refractivity contribution in [2.24, 2.45) is 17.3 Å². The molecule has 1 fully saturated rings. The number of aryl methyl sites for hydroxylation is 1. The van der Waals surface area contributed by atoms with Gasteiger partial charge in [-0.1, -0.05) is 24.8 Å². The highest BCUT2D eigenvalue weighted by Crippen LogP contribution is 2.35. The first-order chi connectivity index (χ1) is 16.9. The van der Waals surface area contributed by atoms with Gasteiger partial charge in [-0.05, 0) is 77.5 Å². The van der Waals surface area contributed by atoms with Crippen molar-refractivity contribution in [3.63, 3.8) is 0 Å². The number of aromatic carboxylic acids is 1. The van der Waals surface area contributed by atoms with Gasteiger partial charge >= 0.3 is 5.97 Å². The van der Waals surface area contributed by atoms with Crippen LogP contribution >= 0.6 is 11.3 Å². The fourth-order valence-electron chi connectivity index (χ4n) is 3.85. The number of carbonyl (C=O) groups excluding carboxylic acids is 1. The number of anilines is 1. The molecule has 0 aliphatic heterocycles. The maximum Gasteiger partial charge on any atom is 0.348 e. The first-order valence-electron chi connectivity index (χ1n) is 12.4. The number of thiophene rings is 1. The largest absolute Gasteiger partial charge is 0.477 e. The lowest BCUT2D eigenvalue weighted by Crippen LogP contribution is -2.49. The fourth-order valence-corrected chi connectivity index (χ4v) is 4.68. The second-order valence-corrected chi connectivity index (χ2v) is 11.4. The van der Waals surface area contributed by atoms with Crippen molar-refractivity contribution in [2.45, 2.75) is 60.3 Å². The van der Waals surface area contributed by atoms with Gasteiger partial charge in [-0.3, -0.25) is 9.78 Å². The number of aromatic nitrogens is 1. The topological polar surface area (TPSA) is 94.0 Å². The molecule has 0 saturated heterocycles. The van der Waals surface area contributed by atoms with Crippen molar-refractivity contribution >= 4 is 28.9 Å². The predicted octanol–water partition coefficient (Wildman–Crippen LogP) is 5.23. The summed E-state index contributed by atoms with van der Waals surface area (Å²) in [6, 6.07) is 7.54. The van der Waals surface area contributed by atoms with E-state index in [0.717, 1.165) is 42.7 Å². The van der Waals surface area contributed by atoms with Gasteiger partial charge in [0.1, 0.15) is 4.88 Å². The molecule has 2 N–H and O–H groups in total. The monoisotopic (exact) mass is 513 g/mol. The van der Waals surface area contributed by atoms with Crippen molar-refractivity contribution < 1.29 is 19.8 Å². The molecule has 196 valence electrons. The molecule has 1 saturated carbocycles. The lowest BCUT2D eigenvalue weighted by atomic mass is 9.82. The number of hydrogen-bond acceptors (Lipinski definition) is 6. The third-order valence-corrected chi connectivity index (χ3v) is 6.87. The number of hydrazine groups is 1. The number of pyridine rings is 1. The van der Waals surface area contributed by atoms with Crippen LogP contribution in [0.1, 0.15) is 73.6 Å². The highest BCUT2D eigenvalue weighted by Gasteiger charge is 2.34. The van der Waals surface area contributed by atoms with Crippen LogP contribution in [-0.2, 0) is 4.79 Å². The second-order valence-electron chi connectivity index (χ2n) is 10.3. The van der Waals surface area contributed by atoms with E-state index in [-0.39, 0.29) is 35.3 Å². The summed E-state index contributed by atoms with van der Waals surface area (Å²) in [4.78, 5) is 30.0. The Kier molecular flexibility index (Phi) is 11.1. The molecular weight excluding hydrogens is 474 g/mol. The van der Waals surface area contributed by atoms with Gasteiger partial charge in [0.25, 0.3) is 0 Å². The number of aliphatic hydroxyl groups excluding tert-OH is 1. The molecule has 0 bridgehead atoms. The molecule has 1 amide bonds. The van der Waals surface area contributed by atoms with Crippen LogP contribution < -0.4 is 5.01 Å². The Morgan fingerprint density at radius 2 is 1.86 bits per heavy atom. The van der Waals surface area contributed by atoms with E-state index in [1.54, 1.807) is 24.3 Å². The number of nitrogens with zero attached hydrogens (tertiary/aromatic N) is 3. The van der Waals surface area contributed by atoms with Crippen molar-refractivity contribution in [2.75, 3.05) is 25.2 Å². The molecular formula is C28H39N3O4S. The van der Waals surface area contributed by atoms with Crippen LogP contribution in [0, 0.1) is 36.0 Å². The van der Waals surface area contributed by atoms with E-state index in [0.29, 0.717) is 16.5 Å². The van der Waals surface area contributed by atoms with Crippen LogP contribution in [0.15, 0.2) is 30.5 Å². The van der Waals surface area contributed by atoms with Crippen LogP contribution in [0.2, 0.25) is 0 Å². The van der Waals surface area contributed by atoms with E-state index in [4.69, 9.17) is 0 Å². The molecule has 0 spiro atoms. The molecule has 1 aliphatic rings. The third-order valence-electron chi connectivity index (χ3n) is 5.85. The quantitative estimate of drug-likeness (QED) is 0.406. The number of rotatable bonds is 6. The Balaban J connectivity index is 0.000000558. The average molecular weight is 514 g/mol. The zero-order valence-corrected chi connectivity index (χ0v) is 23.1. The first-order valence-corrected chi connectivity index (χ1v) is 13.2. The molecule has 0 radical (unpaired) electrons. The van der Waals surface area contributed by atoms with Gasteiger partial charge in [0.15, 0.2) is 0 Å². The number of aliphatic hydroxyl groups is 1. The summed E-state index contributed by atoms with van der Waals surface area (Å²) in [5.74, 6) is 5.45. The van der Waals surface area contributed by atoms with Gasteiger partial charge in [-0.25, -0.2) is 14.8 Å². The van der Waals surface area contributed by atoms with Gasteiger partial charge in [-0.15, -0.1) is 11.3 Å². The summed E-state index contributed by atoms with van der Waals surface area (Å²) < 4.78 is 0. The Hall–Kier alpha value is -2.73. The predicted molar refractivity (Wildman–Crippen MR) is 145 cm³/mol. The van der Waals surface area contributed by atoms with E-state index >= 15 is 0 Å². The second kappa shape index (κ2) is 13.5. The standard InChI is InChI=1S/C22H32N2O4S.C6H7N/c1-15-6-8-16(9-7-15)20(26)24(23(5)12-13-25)18-14-17(10-11-22(2,3)4)29-19(18)21(27)28;1-6-4-2-3-5-7-6/h14-16,25H,6-9,12-13H2,1-5H3,(H,27,28);2-5H,1H3. The minimum atomic E-state index is -1.08. The van der Waals surface area contributed by atoms with Gasteiger partial charge in [0.2, 0.25) is 5.91 Å². The normalized spacial score (nSPS) is 17.4. The number of likely N-dealkylation sites (N-methyl/N-ethyl adjacent to an activating group) is 1. The molecule has 1 aliphatic carbocycles. The number of carboxylic acids is 1. The molecule has 3 rings (SSSR count). The van der Waals surface area contributed by atoms with Crippen LogP contribution in [0.5, 0.6) is 0 Å². The van der Waals surface area contributed by atoms with Gasteiger partial charge in [0.05, 0.1) is 17.2 Å². The Bertz CT molecular complexity index is 1060. The smallest absolute Gasteiger partial charge is 0.348 e. The zero-order chi connectivity index (χ0) is 26.9. The molecule has 0 unspecified atom stereocenters.